The molecule has 20 heavy (non-hydrogen) atoms. The molecule has 0 amide bonds. The van der Waals surface area contributed by atoms with E-state index in [9.17, 15) is 0 Å². The molecular formula is C17H25N3. The number of hydrogen-bond acceptors (Lipinski definition) is 2. The van der Waals surface area contributed by atoms with Crippen LogP contribution in [0.1, 0.15) is 30.0 Å². The van der Waals surface area contributed by atoms with Crippen LogP contribution in [0.25, 0.3) is 0 Å². The van der Waals surface area contributed by atoms with Crippen molar-refractivity contribution in [3.05, 3.63) is 53.3 Å². The molecule has 0 bridgehead atoms. The number of rotatable bonds is 7. The van der Waals surface area contributed by atoms with Crippen LogP contribution in [0, 0.1) is 6.92 Å². The lowest BCUT2D eigenvalue weighted by molar-refractivity contribution is 0.504. The minimum absolute atomic E-state index is 0.474. The highest BCUT2D eigenvalue weighted by Gasteiger charge is 2.11. The molecule has 3 heteroatoms. The van der Waals surface area contributed by atoms with Crippen molar-refractivity contribution >= 4 is 0 Å². The molecule has 0 aliphatic heterocycles. The van der Waals surface area contributed by atoms with E-state index < -0.39 is 0 Å². The second-order valence-electron chi connectivity index (χ2n) is 5.57. The van der Waals surface area contributed by atoms with E-state index in [1.165, 1.54) is 16.7 Å². The molecule has 0 saturated heterocycles. The smallest absolute Gasteiger partial charge is 0.0522 e. The largest absolute Gasteiger partial charge is 0.313 e. The minimum Gasteiger partial charge on any atom is -0.313 e. The second-order valence-corrected chi connectivity index (χ2v) is 5.57. The van der Waals surface area contributed by atoms with Gasteiger partial charge in [0.2, 0.25) is 0 Å². The predicted octanol–water partition coefficient (Wildman–Crippen LogP) is 2.88. The SMILES string of the molecule is CCCNC(Cc1ccc(C)cc1)Cc1cnn(C)c1. The van der Waals surface area contributed by atoms with Crippen molar-refractivity contribution in [3.8, 4) is 0 Å². The summed E-state index contributed by atoms with van der Waals surface area (Å²) < 4.78 is 1.87. The monoisotopic (exact) mass is 271 g/mol. The molecule has 108 valence electrons. The van der Waals surface area contributed by atoms with Crippen LogP contribution in [0.3, 0.4) is 0 Å². The van der Waals surface area contributed by atoms with E-state index in [-0.39, 0.29) is 0 Å². The number of aryl methyl sites for hydroxylation is 2. The van der Waals surface area contributed by atoms with Crippen molar-refractivity contribution in [1.29, 1.82) is 0 Å². The van der Waals surface area contributed by atoms with E-state index in [4.69, 9.17) is 0 Å². The average Bonchev–Trinajstić information content (AvgIpc) is 2.84. The molecule has 2 rings (SSSR count). The summed E-state index contributed by atoms with van der Waals surface area (Å²) in [5, 5.41) is 7.91. The third kappa shape index (κ3) is 4.49. The summed E-state index contributed by atoms with van der Waals surface area (Å²) in [6.45, 7) is 5.41. The molecule has 2 aromatic rings. The van der Waals surface area contributed by atoms with Crippen LogP contribution in [0.4, 0.5) is 0 Å². The highest BCUT2D eigenvalue weighted by Crippen LogP contribution is 2.10. The first-order valence-corrected chi connectivity index (χ1v) is 7.44. The molecule has 1 N–H and O–H groups in total. The van der Waals surface area contributed by atoms with Gasteiger partial charge in [-0.15, -0.1) is 0 Å². The van der Waals surface area contributed by atoms with Gasteiger partial charge in [-0.3, -0.25) is 4.68 Å². The molecule has 1 aromatic carbocycles. The highest BCUT2D eigenvalue weighted by molar-refractivity contribution is 5.22. The molecule has 1 heterocycles. The van der Waals surface area contributed by atoms with Crippen molar-refractivity contribution < 1.29 is 0 Å². The number of hydrogen-bond donors (Lipinski definition) is 1. The van der Waals surface area contributed by atoms with Crippen LogP contribution in [0.15, 0.2) is 36.7 Å². The van der Waals surface area contributed by atoms with Crippen LogP contribution in [0.2, 0.25) is 0 Å². The summed E-state index contributed by atoms with van der Waals surface area (Å²) >= 11 is 0. The first-order chi connectivity index (χ1) is 9.67. The van der Waals surface area contributed by atoms with Gasteiger partial charge in [-0.2, -0.15) is 5.10 Å². The minimum atomic E-state index is 0.474. The van der Waals surface area contributed by atoms with Gasteiger partial charge in [0.15, 0.2) is 0 Å². The Morgan fingerprint density at radius 2 is 1.85 bits per heavy atom. The molecule has 0 fully saturated rings. The number of benzene rings is 1. The third-order valence-corrected chi connectivity index (χ3v) is 3.53. The Kier molecular flexibility index (Phi) is 5.36. The molecule has 0 radical (unpaired) electrons. The zero-order valence-corrected chi connectivity index (χ0v) is 12.8. The zero-order chi connectivity index (χ0) is 14.4. The van der Waals surface area contributed by atoms with Crippen LogP contribution in [-0.4, -0.2) is 22.4 Å². The molecule has 1 atom stereocenters. The number of aromatic nitrogens is 2. The normalized spacial score (nSPS) is 12.6. The van der Waals surface area contributed by atoms with E-state index in [1.807, 2.05) is 17.9 Å². The first-order valence-electron chi connectivity index (χ1n) is 7.44. The summed E-state index contributed by atoms with van der Waals surface area (Å²) in [6.07, 6.45) is 7.33. The van der Waals surface area contributed by atoms with E-state index in [2.05, 4.69) is 54.7 Å². The molecule has 0 aliphatic carbocycles. The molecule has 1 aromatic heterocycles. The molecule has 1 unspecified atom stereocenters. The van der Waals surface area contributed by atoms with Crippen molar-refractivity contribution in [2.75, 3.05) is 6.54 Å². The van der Waals surface area contributed by atoms with Gasteiger partial charge in [-0.25, -0.2) is 0 Å². The predicted molar refractivity (Wildman–Crippen MR) is 83.9 cm³/mol. The Morgan fingerprint density at radius 3 is 2.45 bits per heavy atom. The van der Waals surface area contributed by atoms with E-state index >= 15 is 0 Å². The zero-order valence-electron chi connectivity index (χ0n) is 12.8. The van der Waals surface area contributed by atoms with Gasteiger partial charge in [-0.05, 0) is 43.9 Å². The molecule has 0 saturated carbocycles. The van der Waals surface area contributed by atoms with Crippen LogP contribution < -0.4 is 5.32 Å². The summed E-state index contributed by atoms with van der Waals surface area (Å²) in [6, 6.07) is 9.33. The van der Waals surface area contributed by atoms with E-state index in [0.29, 0.717) is 6.04 Å². The molecule has 0 aliphatic rings. The maximum atomic E-state index is 4.26. The van der Waals surface area contributed by atoms with Crippen molar-refractivity contribution in [3.63, 3.8) is 0 Å². The maximum Gasteiger partial charge on any atom is 0.0522 e. The lowest BCUT2D eigenvalue weighted by atomic mass is 10.00. The van der Waals surface area contributed by atoms with Crippen LogP contribution >= 0.6 is 0 Å². The van der Waals surface area contributed by atoms with Crippen LogP contribution in [-0.2, 0) is 19.9 Å². The van der Waals surface area contributed by atoms with Crippen LogP contribution in [0.5, 0.6) is 0 Å². The fourth-order valence-corrected chi connectivity index (χ4v) is 2.44. The number of nitrogens with zero attached hydrogens (tertiary/aromatic N) is 2. The summed E-state index contributed by atoms with van der Waals surface area (Å²) in [5.74, 6) is 0. The van der Waals surface area contributed by atoms with E-state index in [0.717, 1.165) is 25.8 Å². The van der Waals surface area contributed by atoms with Gasteiger partial charge in [0.1, 0.15) is 0 Å². The summed E-state index contributed by atoms with van der Waals surface area (Å²) in [7, 11) is 1.97. The molecular weight excluding hydrogens is 246 g/mol. The fraction of sp³-hybridized carbons (Fsp3) is 0.471. The topological polar surface area (TPSA) is 29.9 Å². The van der Waals surface area contributed by atoms with Crippen molar-refractivity contribution in [2.45, 2.75) is 39.2 Å². The maximum absolute atomic E-state index is 4.26. The van der Waals surface area contributed by atoms with E-state index in [1.54, 1.807) is 0 Å². The Morgan fingerprint density at radius 1 is 1.15 bits per heavy atom. The second kappa shape index (κ2) is 7.25. The Balaban J connectivity index is 2.00. The fourth-order valence-electron chi connectivity index (χ4n) is 2.44. The Labute approximate surface area is 122 Å². The van der Waals surface area contributed by atoms with Crippen molar-refractivity contribution in [1.82, 2.24) is 15.1 Å². The summed E-state index contributed by atoms with van der Waals surface area (Å²) in [4.78, 5) is 0. The van der Waals surface area contributed by atoms with Gasteiger partial charge in [0.25, 0.3) is 0 Å². The quantitative estimate of drug-likeness (QED) is 0.839. The van der Waals surface area contributed by atoms with Gasteiger partial charge < -0.3 is 5.32 Å². The summed E-state index contributed by atoms with van der Waals surface area (Å²) in [5.41, 5.74) is 4.01. The first kappa shape index (κ1) is 14.8. The number of nitrogens with one attached hydrogen (secondary N) is 1. The Bertz CT molecular complexity index is 513. The van der Waals surface area contributed by atoms with Crippen molar-refractivity contribution in [2.24, 2.45) is 7.05 Å². The van der Waals surface area contributed by atoms with Gasteiger partial charge in [-0.1, -0.05) is 36.8 Å². The Hall–Kier alpha value is -1.61. The standard InChI is InChI=1S/C17H25N3/c1-4-9-18-17(11-16-12-19-20(3)13-16)10-15-7-5-14(2)6-8-15/h5-8,12-13,17-18H,4,9-11H2,1-3H3. The average molecular weight is 271 g/mol. The highest BCUT2D eigenvalue weighted by atomic mass is 15.2. The van der Waals surface area contributed by atoms with Gasteiger partial charge >= 0.3 is 0 Å². The van der Waals surface area contributed by atoms with Gasteiger partial charge in [0, 0.05) is 19.3 Å². The lowest BCUT2D eigenvalue weighted by Gasteiger charge is -2.18. The third-order valence-electron chi connectivity index (χ3n) is 3.53. The molecule has 0 spiro atoms. The van der Waals surface area contributed by atoms with Gasteiger partial charge in [0.05, 0.1) is 6.20 Å². The lowest BCUT2D eigenvalue weighted by Crippen LogP contribution is -2.33. The molecule has 3 nitrogen and oxygen atoms in total.